The van der Waals surface area contributed by atoms with Crippen LogP contribution in [0.2, 0.25) is 5.02 Å². The first-order valence-electron chi connectivity index (χ1n) is 6.52. The summed E-state index contributed by atoms with van der Waals surface area (Å²) in [4.78, 5) is 6.08. The summed E-state index contributed by atoms with van der Waals surface area (Å²) in [6.45, 7) is 1.01. The SMILES string of the molecule is CNc1ccc(Cl)c(CN2CCCC(C(F)(F)F)C2)n1. The molecule has 0 aromatic carbocycles. The second kappa shape index (κ2) is 6.18. The Kier molecular flexibility index (Phi) is 4.75. The minimum absolute atomic E-state index is 0.0191. The van der Waals surface area contributed by atoms with Crippen LogP contribution in [0.5, 0.6) is 0 Å². The van der Waals surface area contributed by atoms with Crippen molar-refractivity contribution in [1.29, 1.82) is 0 Å². The summed E-state index contributed by atoms with van der Waals surface area (Å²) in [6.07, 6.45) is -3.37. The fourth-order valence-electron chi connectivity index (χ4n) is 2.41. The average molecular weight is 308 g/mol. The molecule has 0 spiro atoms. The topological polar surface area (TPSA) is 28.2 Å². The Morgan fingerprint density at radius 2 is 2.20 bits per heavy atom. The fraction of sp³-hybridized carbons (Fsp3) is 0.615. The Labute approximate surface area is 121 Å². The van der Waals surface area contributed by atoms with Crippen molar-refractivity contribution >= 4 is 17.4 Å². The van der Waals surface area contributed by atoms with Gasteiger partial charge in [0.15, 0.2) is 0 Å². The molecular formula is C13H17ClF3N3. The lowest BCUT2D eigenvalue weighted by Gasteiger charge is -2.33. The molecule has 1 saturated heterocycles. The van der Waals surface area contributed by atoms with Crippen LogP contribution >= 0.6 is 11.6 Å². The van der Waals surface area contributed by atoms with E-state index in [0.717, 1.165) is 0 Å². The number of hydrogen-bond donors (Lipinski definition) is 1. The highest BCUT2D eigenvalue weighted by atomic mass is 35.5. The largest absolute Gasteiger partial charge is 0.393 e. The Balaban J connectivity index is 2.06. The smallest absolute Gasteiger partial charge is 0.373 e. The van der Waals surface area contributed by atoms with Gasteiger partial charge in [-0.2, -0.15) is 13.2 Å². The molecule has 1 unspecified atom stereocenters. The summed E-state index contributed by atoms with van der Waals surface area (Å²) < 4.78 is 38.3. The molecule has 1 fully saturated rings. The summed E-state index contributed by atoms with van der Waals surface area (Å²) in [6, 6.07) is 3.45. The van der Waals surface area contributed by atoms with E-state index in [0.29, 0.717) is 36.0 Å². The van der Waals surface area contributed by atoms with Gasteiger partial charge in [0.1, 0.15) is 5.82 Å². The maximum absolute atomic E-state index is 12.8. The molecule has 1 aromatic rings. The van der Waals surface area contributed by atoms with Gasteiger partial charge in [-0.3, -0.25) is 4.90 Å². The van der Waals surface area contributed by atoms with Crippen molar-refractivity contribution < 1.29 is 13.2 Å². The van der Waals surface area contributed by atoms with E-state index in [9.17, 15) is 13.2 Å². The first kappa shape index (κ1) is 15.4. The Hall–Kier alpha value is -1.01. The number of anilines is 1. The summed E-state index contributed by atoms with van der Waals surface area (Å²) >= 11 is 6.06. The van der Waals surface area contributed by atoms with Crippen LogP contribution in [-0.4, -0.2) is 36.2 Å². The monoisotopic (exact) mass is 307 g/mol. The van der Waals surface area contributed by atoms with Crippen molar-refractivity contribution in [2.45, 2.75) is 25.6 Å². The van der Waals surface area contributed by atoms with E-state index < -0.39 is 12.1 Å². The van der Waals surface area contributed by atoms with E-state index in [1.807, 2.05) is 0 Å². The van der Waals surface area contributed by atoms with Crippen molar-refractivity contribution in [3.63, 3.8) is 0 Å². The maximum atomic E-state index is 12.8. The number of pyridine rings is 1. The van der Waals surface area contributed by atoms with Crippen LogP contribution in [0.4, 0.5) is 19.0 Å². The van der Waals surface area contributed by atoms with Gasteiger partial charge in [-0.1, -0.05) is 11.6 Å². The number of alkyl halides is 3. The van der Waals surface area contributed by atoms with Gasteiger partial charge < -0.3 is 5.32 Å². The van der Waals surface area contributed by atoms with Gasteiger partial charge in [-0.05, 0) is 31.5 Å². The predicted molar refractivity (Wildman–Crippen MR) is 72.8 cm³/mol. The van der Waals surface area contributed by atoms with Crippen LogP contribution in [0.1, 0.15) is 18.5 Å². The van der Waals surface area contributed by atoms with Gasteiger partial charge in [0.05, 0.1) is 16.6 Å². The van der Waals surface area contributed by atoms with Gasteiger partial charge in [-0.15, -0.1) is 0 Å². The normalized spacial score (nSPS) is 20.9. The maximum Gasteiger partial charge on any atom is 0.393 e. The molecule has 0 bridgehead atoms. The molecule has 20 heavy (non-hydrogen) atoms. The highest BCUT2D eigenvalue weighted by Gasteiger charge is 2.41. The molecule has 112 valence electrons. The molecule has 2 heterocycles. The molecule has 7 heteroatoms. The minimum atomic E-state index is -4.12. The molecule has 1 N–H and O–H groups in total. The number of halogens is 4. The summed E-state index contributed by atoms with van der Waals surface area (Å²) in [5, 5.41) is 3.38. The quantitative estimate of drug-likeness (QED) is 0.925. The molecular weight excluding hydrogens is 291 g/mol. The van der Waals surface area contributed by atoms with Crippen LogP contribution < -0.4 is 5.32 Å². The number of piperidine rings is 1. The molecule has 0 amide bonds. The molecule has 2 rings (SSSR count). The van der Waals surface area contributed by atoms with Gasteiger partial charge in [0.25, 0.3) is 0 Å². The number of nitrogens with zero attached hydrogens (tertiary/aromatic N) is 2. The average Bonchev–Trinajstić information content (AvgIpc) is 2.41. The highest BCUT2D eigenvalue weighted by Crippen LogP contribution is 2.33. The molecule has 0 aliphatic carbocycles. The van der Waals surface area contributed by atoms with Crippen molar-refractivity contribution in [3.8, 4) is 0 Å². The predicted octanol–water partition coefficient (Wildman–Crippen LogP) is 3.55. The number of rotatable bonds is 3. The number of nitrogens with one attached hydrogen (secondary N) is 1. The Morgan fingerprint density at radius 1 is 1.45 bits per heavy atom. The van der Waals surface area contributed by atoms with Gasteiger partial charge >= 0.3 is 6.18 Å². The summed E-state index contributed by atoms with van der Waals surface area (Å²) in [5.74, 6) is -0.587. The van der Waals surface area contributed by atoms with Gasteiger partial charge in [0, 0.05) is 20.1 Å². The molecule has 1 aromatic heterocycles. The van der Waals surface area contributed by atoms with Crippen molar-refractivity contribution in [2.75, 3.05) is 25.5 Å². The lowest BCUT2D eigenvalue weighted by atomic mass is 9.97. The van der Waals surface area contributed by atoms with Crippen molar-refractivity contribution in [1.82, 2.24) is 9.88 Å². The van der Waals surface area contributed by atoms with Crippen LogP contribution in [0, 0.1) is 5.92 Å². The second-order valence-electron chi connectivity index (χ2n) is 4.99. The fourth-order valence-corrected chi connectivity index (χ4v) is 2.58. The van der Waals surface area contributed by atoms with Gasteiger partial charge in [0.2, 0.25) is 0 Å². The van der Waals surface area contributed by atoms with Crippen molar-refractivity contribution in [3.05, 3.63) is 22.8 Å². The van der Waals surface area contributed by atoms with E-state index in [4.69, 9.17) is 11.6 Å². The Bertz CT molecular complexity index is 465. The molecule has 1 aliphatic rings. The zero-order valence-corrected chi connectivity index (χ0v) is 11.9. The van der Waals surface area contributed by atoms with Crippen LogP contribution in [0.15, 0.2) is 12.1 Å². The second-order valence-corrected chi connectivity index (χ2v) is 5.40. The van der Waals surface area contributed by atoms with E-state index in [-0.39, 0.29) is 13.0 Å². The number of aromatic nitrogens is 1. The molecule has 1 atom stereocenters. The van der Waals surface area contributed by atoms with E-state index >= 15 is 0 Å². The van der Waals surface area contributed by atoms with Crippen molar-refractivity contribution in [2.24, 2.45) is 5.92 Å². The first-order valence-corrected chi connectivity index (χ1v) is 6.90. The molecule has 0 saturated carbocycles. The first-order chi connectivity index (χ1) is 9.40. The minimum Gasteiger partial charge on any atom is -0.373 e. The number of hydrogen-bond acceptors (Lipinski definition) is 3. The zero-order chi connectivity index (χ0) is 14.8. The summed E-state index contributed by atoms with van der Waals surface area (Å²) in [7, 11) is 1.74. The number of likely N-dealkylation sites (tertiary alicyclic amines) is 1. The van der Waals surface area contributed by atoms with Crippen LogP contribution in [0.3, 0.4) is 0 Å². The van der Waals surface area contributed by atoms with Crippen LogP contribution in [0.25, 0.3) is 0 Å². The molecule has 3 nitrogen and oxygen atoms in total. The third kappa shape index (κ3) is 3.76. The lowest BCUT2D eigenvalue weighted by Crippen LogP contribution is -2.41. The Morgan fingerprint density at radius 3 is 2.85 bits per heavy atom. The van der Waals surface area contributed by atoms with E-state index in [1.165, 1.54) is 0 Å². The highest BCUT2D eigenvalue weighted by molar-refractivity contribution is 6.31. The van der Waals surface area contributed by atoms with Gasteiger partial charge in [-0.25, -0.2) is 4.98 Å². The molecule has 0 radical (unpaired) electrons. The summed E-state index contributed by atoms with van der Waals surface area (Å²) in [5.41, 5.74) is 0.612. The zero-order valence-electron chi connectivity index (χ0n) is 11.2. The van der Waals surface area contributed by atoms with E-state index in [2.05, 4.69) is 10.3 Å². The third-order valence-electron chi connectivity index (χ3n) is 3.52. The third-order valence-corrected chi connectivity index (χ3v) is 3.86. The van der Waals surface area contributed by atoms with E-state index in [1.54, 1.807) is 24.1 Å². The van der Waals surface area contributed by atoms with Crippen LogP contribution in [-0.2, 0) is 6.54 Å². The lowest BCUT2D eigenvalue weighted by molar-refractivity contribution is -0.187. The molecule has 1 aliphatic heterocycles. The standard InChI is InChI=1S/C13H17ClF3N3/c1-18-12-5-4-10(14)11(19-12)8-20-6-2-3-9(7-20)13(15,16)17/h4-5,9H,2-3,6-8H2,1H3,(H,18,19).